The van der Waals surface area contributed by atoms with Crippen molar-refractivity contribution in [1.29, 1.82) is 0 Å². The zero-order valence-corrected chi connectivity index (χ0v) is 14.7. The van der Waals surface area contributed by atoms with E-state index in [-0.39, 0.29) is 0 Å². The lowest BCUT2D eigenvalue weighted by Gasteiger charge is -2.35. The molecule has 0 atom stereocenters. The Labute approximate surface area is 146 Å². The molecule has 24 heavy (non-hydrogen) atoms. The molecule has 0 saturated carbocycles. The van der Waals surface area contributed by atoms with Crippen molar-refractivity contribution < 1.29 is 0 Å². The fourth-order valence-corrected chi connectivity index (χ4v) is 3.28. The normalized spacial score (nSPS) is 17.1. The van der Waals surface area contributed by atoms with Gasteiger partial charge < -0.3 is 0 Å². The molecule has 3 rings (SSSR count). The van der Waals surface area contributed by atoms with Crippen molar-refractivity contribution in [3.05, 3.63) is 77.4 Å². The quantitative estimate of drug-likeness (QED) is 0.783. The van der Waals surface area contributed by atoms with Gasteiger partial charge in [0.15, 0.2) is 0 Å². The van der Waals surface area contributed by atoms with Crippen molar-refractivity contribution in [1.82, 2.24) is 9.80 Å². The maximum atomic E-state index is 2.60. The maximum Gasteiger partial charge on any atom is 0.0234 e. The van der Waals surface area contributed by atoms with Gasteiger partial charge in [-0.3, -0.25) is 9.80 Å². The molecule has 1 saturated heterocycles. The van der Waals surface area contributed by atoms with E-state index in [0.29, 0.717) is 0 Å². The summed E-state index contributed by atoms with van der Waals surface area (Å²) in [6.45, 7) is 9.10. The lowest BCUT2D eigenvalue weighted by Crippen LogP contribution is -2.46. The minimum Gasteiger partial charge on any atom is -0.297 e. The average Bonchev–Trinajstić information content (AvgIpc) is 2.64. The van der Waals surface area contributed by atoms with Crippen molar-refractivity contribution in [2.45, 2.75) is 19.9 Å². The molecule has 1 aliphatic heterocycles. The van der Waals surface area contributed by atoms with Crippen LogP contribution in [-0.2, 0) is 6.54 Å². The van der Waals surface area contributed by atoms with Crippen LogP contribution in [0.25, 0.3) is 6.08 Å². The van der Waals surface area contributed by atoms with Gasteiger partial charge in [0.25, 0.3) is 0 Å². The highest BCUT2D eigenvalue weighted by atomic mass is 15.3. The molecule has 0 spiro atoms. The molecule has 0 unspecified atom stereocenters. The van der Waals surface area contributed by atoms with E-state index in [0.717, 1.165) is 32.6 Å². The fourth-order valence-electron chi connectivity index (χ4n) is 3.28. The number of rotatable bonds is 6. The van der Waals surface area contributed by atoms with E-state index < -0.39 is 0 Å². The molecule has 0 N–H and O–H groups in total. The van der Waals surface area contributed by atoms with Gasteiger partial charge in [-0.25, -0.2) is 0 Å². The van der Waals surface area contributed by atoms with Crippen LogP contribution in [0.1, 0.15) is 24.5 Å². The molecule has 2 aromatic rings. The molecular formula is C22H28N2. The van der Waals surface area contributed by atoms with E-state index in [1.165, 1.54) is 29.8 Å². The SMILES string of the molecule is CCC(=Cc1ccccc1)CN1CCN(Cc2ccccc2)CC1. The van der Waals surface area contributed by atoms with Gasteiger partial charge in [-0.1, -0.05) is 79.2 Å². The monoisotopic (exact) mass is 320 g/mol. The van der Waals surface area contributed by atoms with Crippen LogP contribution < -0.4 is 0 Å². The topological polar surface area (TPSA) is 6.48 Å². The Morgan fingerprint density at radius 2 is 1.42 bits per heavy atom. The Bertz CT molecular complexity index is 626. The zero-order valence-electron chi connectivity index (χ0n) is 14.7. The van der Waals surface area contributed by atoms with Crippen molar-refractivity contribution in [2.75, 3.05) is 32.7 Å². The first-order chi connectivity index (χ1) is 11.8. The predicted molar refractivity (Wildman–Crippen MR) is 103 cm³/mol. The molecule has 126 valence electrons. The number of benzene rings is 2. The first kappa shape index (κ1) is 16.9. The molecule has 0 aromatic heterocycles. The van der Waals surface area contributed by atoms with Crippen LogP contribution in [-0.4, -0.2) is 42.5 Å². The van der Waals surface area contributed by atoms with Crippen LogP contribution in [0.4, 0.5) is 0 Å². The third-order valence-electron chi connectivity index (χ3n) is 4.77. The van der Waals surface area contributed by atoms with Crippen molar-refractivity contribution in [3.63, 3.8) is 0 Å². The molecular weight excluding hydrogens is 292 g/mol. The van der Waals surface area contributed by atoms with E-state index >= 15 is 0 Å². The largest absolute Gasteiger partial charge is 0.297 e. The smallest absolute Gasteiger partial charge is 0.0234 e. The second-order valence-electron chi connectivity index (χ2n) is 6.60. The van der Waals surface area contributed by atoms with Crippen LogP contribution >= 0.6 is 0 Å². The average molecular weight is 320 g/mol. The second kappa shape index (κ2) is 8.81. The molecule has 0 radical (unpaired) electrons. The first-order valence-corrected chi connectivity index (χ1v) is 9.06. The molecule has 0 aliphatic carbocycles. The van der Waals surface area contributed by atoms with E-state index in [2.05, 4.69) is 83.5 Å². The molecule has 0 bridgehead atoms. The summed E-state index contributed by atoms with van der Waals surface area (Å²) in [5, 5.41) is 0. The van der Waals surface area contributed by atoms with Crippen LogP contribution in [0.15, 0.2) is 66.2 Å². The molecule has 2 aromatic carbocycles. The van der Waals surface area contributed by atoms with Gasteiger partial charge in [-0.2, -0.15) is 0 Å². The molecule has 0 amide bonds. The van der Waals surface area contributed by atoms with Crippen LogP contribution in [0, 0.1) is 0 Å². The van der Waals surface area contributed by atoms with Crippen molar-refractivity contribution in [2.24, 2.45) is 0 Å². The van der Waals surface area contributed by atoms with Crippen LogP contribution in [0.3, 0.4) is 0 Å². The lowest BCUT2D eigenvalue weighted by molar-refractivity contribution is 0.134. The summed E-state index contributed by atoms with van der Waals surface area (Å²) < 4.78 is 0. The summed E-state index contributed by atoms with van der Waals surface area (Å²) in [7, 11) is 0. The molecule has 1 heterocycles. The summed E-state index contributed by atoms with van der Waals surface area (Å²) in [5.74, 6) is 0. The Balaban J connectivity index is 1.50. The summed E-state index contributed by atoms with van der Waals surface area (Å²) in [6.07, 6.45) is 3.48. The molecule has 1 aliphatic rings. The van der Waals surface area contributed by atoms with Gasteiger partial charge in [0.2, 0.25) is 0 Å². The minimum absolute atomic E-state index is 1.08. The standard InChI is InChI=1S/C22H28N2/c1-2-20(17-21-9-5-3-6-10-21)18-23-13-15-24(16-14-23)19-22-11-7-4-8-12-22/h3-12,17H,2,13-16,18-19H2,1H3. The summed E-state index contributed by atoms with van der Waals surface area (Å²) in [6, 6.07) is 21.5. The summed E-state index contributed by atoms with van der Waals surface area (Å²) >= 11 is 0. The first-order valence-electron chi connectivity index (χ1n) is 9.06. The summed E-state index contributed by atoms with van der Waals surface area (Å²) in [5.41, 5.74) is 4.26. The van der Waals surface area contributed by atoms with Gasteiger partial charge in [0, 0.05) is 39.3 Å². The highest BCUT2D eigenvalue weighted by molar-refractivity contribution is 5.52. The van der Waals surface area contributed by atoms with E-state index in [4.69, 9.17) is 0 Å². The van der Waals surface area contributed by atoms with Gasteiger partial charge in [0.1, 0.15) is 0 Å². The third kappa shape index (κ3) is 5.05. The van der Waals surface area contributed by atoms with Crippen LogP contribution in [0.2, 0.25) is 0 Å². The van der Waals surface area contributed by atoms with E-state index in [9.17, 15) is 0 Å². The maximum absolute atomic E-state index is 2.60. The van der Waals surface area contributed by atoms with Crippen molar-refractivity contribution >= 4 is 6.08 Å². The zero-order chi connectivity index (χ0) is 16.6. The Kier molecular flexibility index (Phi) is 6.22. The second-order valence-corrected chi connectivity index (χ2v) is 6.60. The molecule has 1 fully saturated rings. The fraction of sp³-hybridized carbons (Fsp3) is 0.364. The van der Waals surface area contributed by atoms with Gasteiger partial charge in [-0.05, 0) is 17.5 Å². The minimum atomic E-state index is 1.08. The number of nitrogens with zero attached hydrogens (tertiary/aromatic N) is 2. The number of hydrogen-bond donors (Lipinski definition) is 0. The van der Waals surface area contributed by atoms with Gasteiger partial charge in [0.05, 0.1) is 0 Å². The Morgan fingerprint density at radius 3 is 2.04 bits per heavy atom. The molecule has 2 heteroatoms. The van der Waals surface area contributed by atoms with Crippen LogP contribution in [0.5, 0.6) is 0 Å². The lowest BCUT2D eigenvalue weighted by atomic mass is 10.1. The van der Waals surface area contributed by atoms with E-state index in [1.807, 2.05) is 0 Å². The van der Waals surface area contributed by atoms with Gasteiger partial charge in [-0.15, -0.1) is 0 Å². The van der Waals surface area contributed by atoms with E-state index in [1.54, 1.807) is 0 Å². The number of hydrogen-bond acceptors (Lipinski definition) is 2. The number of piperazine rings is 1. The van der Waals surface area contributed by atoms with Crippen molar-refractivity contribution in [3.8, 4) is 0 Å². The van der Waals surface area contributed by atoms with Gasteiger partial charge >= 0.3 is 0 Å². The highest BCUT2D eigenvalue weighted by Crippen LogP contribution is 2.14. The molecule has 2 nitrogen and oxygen atoms in total. The third-order valence-corrected chi connectivity index (χ3v) is 4.77. The highest BCUT2D eigenvalue weighted by Gasteiger charge is 2.17. The Hall–Kier alpha value is -1.90. The predicted octanol–water partition coefficient (Wildman–Crippen LogP) is 4.30. The Morgan fingerprint density at radius 1 is 0.833 bits per heavy atom. The summed E-state index contributed by atoms with van der Waals surface area (Å²) in [4.78, 5) is 5.16.